The molecule has 0 aliphatic carbocycles. The third-order valence-electron chi connectivity index (χ3n) is 3.50. The summed E-state index contributed by atoms with van der Waals surface area (Å²) in [5, 5.41) is 9.83. The quantitative estimate of drug-likeness (QED) is 0.841. The van der Waals surface area contributed by atoms with Crippen molar-refractivity contribution in [3.63, 3.8) is 0 Å². The normalized spacial score (nSPS) is 10.6. The summed E-state index contributed by atoms with van der Waals surface area (Å²) in [6.07, 6.45) is 2.10. The number of hydrogen-bond acceptors (Lipinski definition) is 2. The molecule has 0 saturated heterocycles. The van der Waals surface area contributed by atoms with E-state index in [4.69, 9.17) is 4.74 Å². The Bertz CT molecular complexity index is 592. The van der Waals surface area contributed by atoms with Gasteiger partial charge in [-0.15, -0.1) is 0 Å². The van der Waals surface area contributed by atoms with Crippen LogP contribution in [-0.4, -0.2) is 5.11 Å². The van der Waals surface area contributed by atoms with Gasteiger partial charge in [-0.2, -0.15) is 0 Å². The topological polar surface area (TPSA) is 29.5 Å². The summed E-state index contributed by atoms with van der Waals surface area (Å²) in [6, 6.07) is 10.0. The first kappa shape index (κ1) is 14.4. The Morgan fingerprint density at radius 1 is 1.00 bits per heavy atom. The first-order valence-corrected chi connectivity index (χ1v) is 7.09. The lowest BCUT2D eigenvalue weighted by Gasteiger charge is -2.15. The Kier molecular flexibility index (Phi) is 4.33. The number of phenols is 1. The molecule has 1 N–H and O–H groups in total. The summed E-state index contributed by atoms with van der Waals surface area (Å²) in [7, 11) is 0. The lowest BCUT2D eigenvalue weighted by molar-refractivity contribution is 0.453. The standard InChI is InChI=1S/C18H22O2/c1-5-7-15-9-6-8-12(2)18(15)20-16-10-13(3)17(19)14(4)11-16/h6,8-11,19H,5,7H2,1-4H3. The Hall–Kier alpha value is -1.96. The Morgan fingerprint density at radius 3 is 2.25 bits per heavy atom. The van der Waals surface area contributed by atoms with E-state index in [1.807, 2.05) is 26.0 Å². The average Bonchev–Trinajstić information content (AvgIpc) is 2.40. The monoisotopic (exact) mass is 270 g/mol. The Morgan fingerprint density at radius 2 is 1.65 bits per heavy atom. The van der Waals surface area contributed by atoms with Crippen LogP contribution in [0.5, 0.6) is 17.2 Å². The van der Waals surface area contributed by atoms with Crippen LogP contribution in [0.3, 0.4) is 0 Å². The SMILES string of the molecule is CCCc1cccc(C)c1Oc1cc(C)c(O)c(C)c1. The summed E-state index contributed by atoms with van der Waals surface area (Å²) in [5.74, 6) is 2.07. The molecule has 0 unspecified atom stereocenters. The number of benzene rings is 2. The second kappa shape index (κ2) is 6.00. The molecule has 0 aliphatic heterocycles. The Labute approximate surface area is 121 Å². The first-order valence-electron chi connectivity index (χ1n) is 7.09. The molecule has 106 valence electrons. The second-order valence-corrected chi connectivity index (χ2v) is 5.32. The van der Waals surface area contributed by atoms with Crippen molar-refractivity contribution in [1.29, 1.82) is 0 Å². The average molecular weight is 270 g/mol. The third-order valence-corrected chi connectivity index (χ3v) is 3.50. The van der Waals surface area contributed by atoms with Crippen molar-refractivity contribution in [2.45, 2.75) is 40.5 Å². The molecular weight excluding hydrogens is 248 g/mol. The smallest absolute Gasteiger partial charge is 0.133 e. The summed E-state index contributed by atoms with van der Waals surface area (Å²) >= 11 is 0. The van der Waals surface area contributed by atoms with Crippen LogP contribution >= 0.6 is 0 Å². The van der Waals surface area contributed by atoms with Crippen LogP contribution in [0.25, 0.3) is 0 Å². The highest BCUT2D eigenvalue weighted by Crippen LogP contribution is 2.33. The predicted molar refractivity (Wildman–Crippen MR) is 82.8 cm³/mol. The highest BCUT2D eigenvalue weighted by atomic mass is 16.5. The van der Waals surface area contributed by atoms with Crippen LogP contribution in [0.15, 0.2) is 30.3 Å². The summed E-state index contributed by atoms with van der Waals surface area (Å²) in [4.78, 5) is 0. The highest BCUT2D eigenvalue weighted by molar-refractivity contribution is 5.49. The highest BCUT2D eigenvalue weighted by Gasteiger charge is 2.10. The summed E-state index contributed by atoms with van der Waals surface area (Å²) in [6.45, 7) is 8.01. The minimum atomic E-state index is 0.343. The van der Waals surface area contributed by atoms with Crippen molar-refractivity contribution in [2.24, 2.45) is 0 Å². The van der Waals surface area contributed by atoms with Crippen molar-refractivity contribution < 1.29 is 9.84 Å². The molecule has 0 aromatic heterocycles. The van der Waals surface area contributed by atoms with E-state index in [0.717, 1.165) is 41.0 Å². The van der Waals surface area contributed by atoms with Gasteiger partial charge in [0, 0.05) is 0 Å². The van der Waals surface area contributed by atoms with Gasteiger partial charge < -0.3 is 9.84 Å². The number of phenolic OH excluding ortho intramolecular Hbond substituents is 1. The van der Waals surface area contributed by atoms with Gasteiger partial charge in [-0.25, -0.2) is 0 Å². The van der Waals surface area contributed by atoms with Gasteiger partial charge in [0.2, 0.25) is 0 Å². The fourth-order valence-electron chi connectivity index (χ4n) is 2.42. The molecule has 20 heavy (non-hydrogen) atoms. The fourth-order valence-corrected chi connectivity index (χ4v) is 2.42. The largest absolute Gasteiger partial charge is 0.507 e. The lowest BCUT2D eigenvalue weighted by atomic mass is 10.1. The van der Waals surface area contributed by atoms with Gasteiger partial charge in [0.25, 0.3) is 0 Å². The van der Waals surface area contributed by atoms with E-state index in [0.29, 0.717) is 5.75 Å². The van der Waals surface area contributed by atoms with E-state index in [1.165, 1.54) is 5.56 Å². The van der Waals surface area contributed by atoms with Crippen molar-refractivity contribution >= 4 is 0 Å². The molecular formula is C18H22O2. The van der Waals surface area contributed by atoms with Gasteiger partial charge in [-0.1, -0.05) is 31.5 Å². The van der Waals surface area contributed by atoms with Crippen LogP contribution < -0.4 is 4.74 Å². The van der Waals surface area contributed by atoms with Gasteiger partial charge in [-0.3, -0.25) is 0 Å². The van der Waals surface area contributed by atoms with Crippen LogP contribution in [0.2, 0.25) is 0 Å². The summed E-state index contributed by atoms with van der Waals surface area (Å²) in [5.41, 5.74) is 4.05. The molecule has 0 atom stereocenters. The number of aromatic hydroxyl groups is 1. The lowest BCUT2D eigenvalue weighted by Crippen LogP contribution is -1.95. The maximum atomic E-state index is 9.83. The van der Waals surface area contributed by atoms with Crippen LogP contribution in [-0.2, 0) is 6.42 Å². The van der Waals surface area contributed by atoms with Crippen molar-refractivity contribution in [2.75, 3.05) is 0 Å². The van der Waals surface area contributed by atoms with E-state index in [2.05, 4.69) is 32.0 Å². The molecule has 2 heteroatoms. The van der Waals surface area contributed by atoms with Gasteiger partial charge in [0.1, 0.15) is 17.2 Å². The van der Waals surface area contributed by atoms with Gasteiger partial charge in [0.05, 0.1) is 0 Å². The number of ether oxygens (including phenoxy) is 1. The molecule has 0 spiro atoms. The molecule has 0 radical (unpaired) electrons. The van der Waals surface area contributed by atoms with E-state index < -0.39 is 0 Å². The zero-order chi connectivity index (χ0) is 14.7. The zero-order valence-electron chi connectivity index (χ0n) is 12.7. The van der Waals surface area contributed by atoms with Crippen molar-refractivity contribution in [1.82, 2.24) is 0 Å². The molecule has 2 nitrogen and oxygen atoms in total. The minimum absolute atomic E-state index is 0.343. The predicted octanol–water partition coefficient (Wildman–Crippen LogP) is 5.06. The van der Waals surface area contributed by atoms with Crippen LogP contribution in [0.4, 0.5) is 0 Å². The molecule has 2 aromatic rings. The van der Waals surface area contributed by atoms with Gasteiger partial charge in [0.15, 0.2) is 0 Å². The Balaban J connectivity index is 2.39. The first-order chi connectivity index (χ1) is 9.52. The molecule has 2 rings (SSSR count). The van der Waals surface area contributed by atoms with Crippen molar-refractivity contribution in [3.8, 4) is 17.2 Å². The number of aryl methyl sites for hydroxylation is 4. The zero-order valence-corrected chi connectivity index (χ0v) is 12.7. The van der Waals surface area contributed by atoms with E-state index >= 15 is 0 Å². The minimum Gasteiger partial charge on any atom is -0.507 e. The molecule has 0 amide bonds. The summed E-state index contributed by atoms with van der Waals surface area (Å²) < 4.78 is 6.10. The number of hydrogen-bond donors (Lipinski definition) is 1. The molecule has 0 bridgehead atoms. The number of rotatable bonds is 4. The maximum absolute atomic E-state index is 9.83. The van der Waals surface area contributed by atoms with Gasteiger partial charge >= 0.3 is 0 Å². The van der Waals surface area contributed by atoms with Gasteiger partial charge in [-0.05, 0) is 61.6 Å². The van der Waals surface area contributed by atoms with E-state index in [-0.39, 0.29) is 0 Å². The molecule has 0 saturated carbocycles. The molecule has 0 heterocycles. The maximum Gasteiger partial charge on any atom is 0.133 e. The van der Waals surface area contributed by atoms with E-state index in [9.17, 15) is 5.11 Å². The van der Waals surface area contributed by atoms with E-state index in [1.54, 1.807) is 0 Å². The van der Waals surface area contributed by atoms with Crippen molar-refractivity contribution in [3.05, 3.63) is 52.6 Å². The molecule has 0 fully saturated rings. The number of para-hydroxylation sites is 1. The second-order valence-electron chi connectivity index (χ2n) is 5.32. The third kappa shape index (κ3) is 2.96. The van der Waals surface area contributed by atoms with Crippen LogP contribution in [0.1, 0.15) is 35.6 Å². The molecule has 2 aromatic carbocycles. The van der Waals surface area contributed by atoms with Crippen LogP contribution in [0, 0.1) is 20.8 Å². The fraction of sp³-hybridized carbons (Fsp3) is 0.333. The molecule has 0 aliphatic rings.